The first-order valence-electron chi connectivity index (χ1n) is 6.71. The summed E-state index contributed by atoms with van der Waals surface area (Å²) in [7, 11) is 0. The van der Waals surface area contributed by atoms with E-state index in [4.69, 9.17) is 31.9 Å². The molecule has 24 heavy (non-hydrogen) atoms. The van der Waals surface area contributed by atoms with E-state index in [-0.39, 0.29) is 24.3 Å². The molecule has 2 aromatic carbocycles. The van der Waals surface area contributed by atoms with E-state index in [9.17, 15) is 9.59 Å². The van der Waals surface area contributed by atoms with Crippen LogP contribution in [0.3, 0.4) is 0 Å². The van der Waals surface area contributed by atoms with Gasteiger partial charge in [0.15, 0.2) is 0 Å². The predicted octanol–water partition coefficient (Wildman–Crippen LogP) is 0.905. The van der Waals surface area contributed by atoms with E-state index >= 15 is 0 Å². The van der Waals surface area contributed by atoms with Crippen LogP contribution in [0.2, 0.25) is 0 Å². The maximum atomic E-state index is 10.3. The lowest BCUT2D eigenvalue weighted by molar-refractivity contribution is 0.0686. The number of nitrogens with two attached hydrogens (primary N) is 2. The van der Waals surface area contributed by atoms with Gasteiger partial charge in [0, 0.05) is 11.4 Å². The second-order valence-electron chi connectivity index (χ2n) is 4.30. The molecule has 2 rings (SSSR count). The Kier molecular flexibility index (Phi) is 9.98. The van der Waals surface area contributed by atoms with Crippen molar-refractivity contribution in [3.8, 4) is 0 Å². The molecule has 130 valence electrons. The van der Waals surface area contributed by atoms with Crippen molar-refractivity contribution in [2.75, 3.05) is 24.7 Å². The van der Waals surface area contributed by atoms with Gasteiger partial charge < -0.3 is 31.9 Å². The topological polar surface area (TPSA) is 167 Å². The fourth-order valence-electron chi connectivity index (χ4n) is 1.25. The maximum Gasteiger partial charge on any atom is 0.335 e. The summed E-state index contributed by atoms with van der Waals surface area (Å²) in [6, 6.07) is 12.1. The Hall–Kier alpha value is -3.10. The van der Waals surface area contributed by atoms with Crippen molar-refractivity contribution in [3.05, 3.63) is 59.7 Å². The van der Waals surface area contributed by atoms with E-state index in [0.717, 1.165) is 0 Å². The number of aliphatic hydroxyl groups is 2. The molecule has 0 aliphatic carbocycles. The van der Waals surface area contributed by atoms with Crippen molar-refractivity contribution in [1.82, 2.24) is 0 Å². The van der Waals surface area contributed by atoms with Crippen LogP contribution in [0.25, 0.3) is 0 Å². The van der Waals surface area contributed by atoms with Gasteiger partial charge in [-0.3, -0.25) is 0 Å². The van der Waals surface area contributed by atoms with Crippen LogP contribution in [-0.2, 0) is 0 Å². The van der Waals surface area contributed by atoms with Gasteiger partial charge >= 0.3 is 11.9 Å². The van der Waals surface area contributed by atoms with Crippen LogP contribution in [0.5, 0.6) is 0 Å². The van der Waals surface area contributed by atoms with E-state index in [1.54, 1.807) is 24.3 Å². The number of aromatic carboxylic acids is 2. The number of carboxylic acid groups (broad SMARTS) is 2. The fourth-order valence-corrected chi connectivity index (χ4v) is 1.25. The van der Waals surface area contributed by atoms with Gasteiger partial charge in [-0.05, 0) is 48.5 Å². The zero-order valence-corrected chi connectivity index (χ0v) is 12.8. The Bertz CT molecular complexity index is 569. The lowest BCUT2D eigenvalue weighted by atomic mass is 10.2. The highest BCUT2D eigenvalue weighted by molar-refractivity contribution is 5.88. The zero-order valence-electron chi connectivity index (χ0n) is 12.8. The van der Waals surface area contributed by atoms with E-state index in [0.29, 0.717) is 11.4 Å². The second kappa shape index (κ2) is 11.5. The van der Waals surface area contributed by atoms with Gasteiger partial charge in [0.2, 0.25) is 0 Å². The molecule has 8 N–H and O–H groups in total. The largest absolute Gasteiger partial charge is 0.478 e. The molecule has 8 nitrogen and oxygen atoms in total. The van der Waals surface area contributed by atoms with Gasteiger partial charge in [0.1, 0.15) is 0 Å². The minimum atomic E-state index is -0.931. The Morgan fingerprint density at radius 3 is 1.08 bits per heavy atom. The molecule has 0 spiro atoms. The molecule has 8 heteroatoms. The molecule has 0 amide bonds. The Morgan fingerprint density at radius 2 is 0.917 bits per heavy atom. The molecule has 0 saturated carbocycles. The molecule has 0 aromatic heterocycles. The van der Waals surface area contributed by atoms with Crippen molar-refractivity contribution < 1.29 is 30.0 Å². The zero-order chi connectivity index (χ0) is 18.5. The van der Waals surface area contributed by atoms with Gasteiger partial charge in [-0.1, -0.05) is 0 Å². The van der Waals surface area contributed by atoms with Gasteiger partial charge in [0.25, 0.3) is 0 Å². The highest BCUT2D eigenvalue weighted by Crippen LogP contribution is 2.05. The number of aliphatic hydroxyl groups excluding tert-OH is 2. The number of benzene rings is 2. The van der Waals surface area contributed by atoms with E-state index in [1.807, 2.05) is 0 Å². The number of anilines is 2. The summed E-state index contributed by atoms with van der Waals surface area (Å²) < 4.78 is 0. The molecule has 0 aliphatic rings. The number of hydrogen-bond acceptors (Lipinski definition) is 6. The van der Waals surface area contributed by atoms with Crippen LogP contribution in [-0.4, -0.2) is 45.6 Å². The standard InChI is InChI=1S/2C7H7NO2.C2H6O2/c2*8-6-3-1-5(2-4-6)7(9)10;3-1-2-4/h2*1-4H,8H2,(H,9,10);3-4H,1-2H2. The summed E-state index contributed by atoms with van der Waals surface area (Å²) in [5.74, 6) is -1.86. The minimum absolute atomic E-state index is 0.125. The first kappa shape index (κ1) is 20.9. The lowest BCUT2D eigenvalue weighted by Crippen LogP contribution is -1.95. The van der Waals surface area contributed by atoms with Crippen molar-refractivity contribution in [2.45, 2.75) is 0 Å². The molecule has 0 saturated heterocycles. The second-order valence-corrected chi connectivity index (χ2v) is 4.30. The molecular weight excluding hydrogens is 316 g/mol. The van der Waals surface area contributed by atoms with Crippen LogP contribution in [0.15, 0.2) is 48.5 Å². The van der Waals surface area contributed by atoms with Crippen LogP contribution >= 0.6 is 0 Å². The van der Waals surface area contributed by atoms with Gasteiger partial charge in [-0.15, -0.1) is 0 Å². The predicted molar refractivity (Wildman–Crippen MR) is 89.8 cm³/mol. The van der Waals surface area contributed by atoms with Gasteiger partial charge in [-0.25, -0.2) is 9.59 Å². The summed E-state index contributed by atoms with van der Waals surface area (Å²) in [6.45, 7) is -0.250. The third-order valence-electron chi connectivity index (χ3n) is 2.42. The van der Waals surface area contributed by atoms with Crippen LogP contribution < -0.4 is 11.5 Å². The normalized spacial score (nSPS) is 8.92. The van der Waals surface area contributed by atoms with Gasteiger partial charge in [-0.2, -0.15) is 0 Å². The van der Waals surface area contributed by atoms with Gasteiger partial charge in [0.05, 0.1) is 24.3 Å². The fraction of sp³-hybridized carbons (Fsp3) is 0.125. The Labute approximate surface area is 138 Å². The summed E-state index contributed by atoms with van der Waals surface area (Å²) >= 11 is 0. The molecule has 0 fully saturated rings. The Balaban J connectivity index is 0.000000363. The highest BCUT2D eigenvalue weighted by atomic mass is 16.4. The number of rotatable bonds is 3. The van der Waals surface area contributed by atoms with E-state index < -0.39 is 11.9 Å². The first-order valence-corrected chi connectivity index (χ1v) is 6.71. The van der Waals surface area contributed by atoms with Crippen molar-refractivity contribution in [1.29, 1.82) is 0 Å². The highest BCUT2D eigenvalue weighted by Gasteiger charge is 1.99. The molecule has 0 atom stereocenters. The summed E-state index contributed by atoms with van der Waals surface area (Å²) in [4.78, 5) is 20.5. The minimum Gasteiger partial charge on any atom is -0.478 e. The first-order chi connectivity index (χ1) is 11.3. The van der Waals surface area contributed by atoms with Crippen LogP contribution in [0.1, 0.15) is 20.7 Å². The number of carbonyl (C=O) groups is 2. The lowest BCUT2D eigenvalue weighted by Gasteiger charge is -1.93. The van der Waals surface area contributed by atoms with Crippen molar-refractivity contribution >= 4 is 23.3 Å². The third kappa shape index (κ3) is 9.03. The molecule has 0 bridgehead atoms. The SMILES string of the molecule is Nc1ccc(C(=O)O)cc1.Nc1ccc(C(=O)O)cc1.OCCO. The average molecular weight is 336 g/mol. The van der Waals surface area contributed by atoms with Crippen LogP contribution in [0, 0.1) is 0 Å². The average Bonchev–Trinajstić information content (AvgIpc) is 2.56. The molecule has 0 radical (unpaired) electrons. The molecule has 0 aliphatic heterocycles. The number of hydrogen-bond donors (Lipinski definition) is 6. The maximum absolute atomic E-state index is 10.3. The monoisotopic (exact) mass is 336 g/mol. The smallest absolute Gasteiger partial charge is 0.335 e. The van der Waals surface area contributed by atoms with E-state index in [1.165, 1.54) is 24.3 Å². The molecule has 0 heterocycles. The van der Waals surface area contributed by atoms with E-state index in [2.05, 4.69) is 0 Å². The summed E-state index contributed by atoms with van der Waals surface area (Å²) in [5, 5.41) is 32.1. The van der Waals surface area contributed by atoms with Crippen molar-refractivity contribution in [3.63, 3.8) is 0 Å². The molecular formula is C16H20N2O6. The number of carboxylic acids is 2. The molecule has 2 aromatic rings. The number of nitrogen functional groups attached to an aromatic ring is 2. The van der Waals surface area contributed by atoms with Crippen molar-refractivity contribution in [2.24, 2.45) is 0 Å². The van der Waals surface area contributed by atoms with Crippen LogP contribution in [0.4, 0.5) is 11.4 Å². The molecule has 0 unspecified atom stereocenters. The quantitative estimate of drug-likeness (QED) is 0.449. The summed E-state index contributed by atoms with van der Waals surface area (Å²) in [5.41, 5.74) is 12.3. The Morgan fingerprint density at radius 1 is 0.667 bits per heavy atom. The summed E-state index contributed by atoms with van der Waals surface area (Å²) in [6.07, 6.45) is 0. The third-order valence-corrected chi connectivity index (χ3v) is 2.42.